The molecule has 1 aliphatic heterocycles. The van der Waals surface area contributed by atoms with Crippen molar-refractivity contribution in [2.75, 3.05) is 17.7 Å². The Morgan fingerprint density at radius 1 is 1.33 bits per heavy atom. The van der Waals surface area contributed by atoms with Crippen molar-refractivity contribution in [1.82, 2.24) is 0 Å². The zero-order valence-corrected chi connectivity index (χ0v) is 11.5. The third kappa shape index (κ3) is 2.34. The van der Waals surface area contributed by atoms with Crippen LogP contribution in [0.15, 0.2) is 16.6 Å². The molecule has 0 aromatic heterocycles. The molecule has 0 radical (unpaired) electrons. The first kappa shape index (κ1) is 12.2. The molecule has 1 aromatic carbocycles. The zero-order valence-electron chi connectivity index (χ0n) is 9.96. The smallest absolute Gasteiger partial charge is 0.139 e. The van der Waals surface area contributed by atoms with Crippen molar-refractivity contribution in [3.05, 3.63) is 22.4 Å². The van der Waals surface area contributed by atoms with E-state index in [-0.39, 0.29) is 18.0 Å². The van der Waals surface area contributed by atoms with E-state index in [0.717, 1.165) is 18.7 Å². The van der Waals surface area contributed by atoms with Gasteiger partial charge < -0.3 is 15.8 Å². The number of anilines is 2. The third-order valence-corrected chi connectivity index (χ3v) is 4.26. The number of hydrogen-bond donors (Lipinski definition) is 2. The summed E-state index contributed by atoms with van der Waals surface area (Å²) in [5.41, 5.74) is 7.07. The summed E-state index contributed by atoms with van der Waals surface area (Å²) in [5, 5.41) is 3.40. The largest absolute Gasteiger partial charge is 0.397 e. The van der Waals surface area contributed by atoms with Gasteiger partial charge in [-0.1, -0.05) is 0 Å². The van der Waals surface area contributed by atoms with E-state index in [2.05, 4.69) is 21.2 Å². The molecule has 3 N–H and O–H groups in total. The van der Waals surface area contributed by atoms with Crippen LogP contribution in [0.5, 0.6) is 0 Å². The molecular formula is C13H16BrFN2O. The summed E-state index contributed by atoms with van der Waals surface area (Å²) in [6, 6.07) is 3.33. The van der Waals surface area contributed by atoms with Crippen molar-refractivity contribution in [2.24, 2.45) is 5.92 Å². The van der Waals surface area contributed by atoms with E-state index in [0.29, 0.717) is 16.1 Å². The van der Waals surface area contributed by atoms with Crippen molar-refractivity contribution < 1.29 is 9.13 Å². The van der Waals surface area contributed by atoms with Crippen LogP contribution in [0.2, 0.25) is 0 Å². The Labute approximate surface area is 114 Å². The van der Waals surface area contributed by atoms with Gasteiger partial charge >= 0.3 is 0 Å². The van der Waals surface area contributed by atoms with Gasteiger partial charge in [-0.25, -0.2) is 4.39 Å². The molecule has 98 valence electrons. The highest BCUT2D eigenvalue weighted by Gasteiger charge is 2.40. The van der Waals surface area contributed by atoms with E-state index in [9.17, 15) is 4.39 Å². The SMILES string of the molecule is Nc1cc(F)c(Br)cc1NC1CCOC1C1CC1. The van der Waals surface area contributed by atoms with Gasteiger partial charge in [0, 0.05) is 12.7 Å². The van der Waals surface area contributed by atoms with Gasteiger partial charge in [-0.2, -0.15) is 0 Å². The molecule has 1 heterocycles. The standard InChI is InChI=1S/C13H16BrFN2O/c14-8-5-12(10(16)6-9(8)15)17-11-3-4-18-13(11)7-1-2-7/h5-7,11,13,17H,1-4,16H2. The molecule has 1 saturated carbocycles. The molecular weight excluding hydrogens is 299 g/mol. The summed E-state index contributed by atoms with van der Waals surface area (Å²) >= 11 is 3.18. The van der Waals surface area contributed by atoms with Crippen LogP contribution in [-0.4, -0.2) is 18.8 Å². The van der Waals surface area contributed by atoms with E-state index >= 15 is 0 Å². The highest BCUT2D eigenvalue weighted by Crippen LogP contribution is 2.40. The molecule has 0 bridgehead atoms. The zero-order chi connectivity index (χ0) is 12.7. The molecule has 3 rings (SSSR count). The van der Waals surface area contributed by atoms with E-state index in [1.165, 1.54) is 18.9 Å². The van der Waals surface area contributed by atoms with Crippen LogP contribution in [0.1, 0.15) is 19.3 Å². The second-order valence-electron chi connectivity index (χ2n) is 5.07. The summed E-state index contributed by atoms with van der Waals surface area (Å²) < 4.78 is 19.5. The van der Waals surface area contributed by atoms with Gasteiger partial charge in [0.05, 0.1) is 28.0 Å². The number of hydrogen-bond acceptors (Lipinski definition) is 3. The maximum absolute atomic E-state index is 13.3. The lowest BCUT2D eigenvalue weighted by molar-refractivity contribution is 0.0898. The molecule has 1 aliphatic carbocycles. The molecule has 1 saturated heterocycles. The molecule has 2 aliphatic rings. The van der Waals surface area contributed by atoms with Gasteiger partial charge in [0.2, 0.25) is 0 Å². The second kappa shape index (κ2) is 4.70. The van der Waals surface area contributed by atoms with Gasteiger partial charge in [-0.05, 0) is 47.2 Å². The van der Waals surface area contributed by atoms with Crippen LogP contribution in [0.4, 0.5) is 15.8 Å². The number of benzene rings is 1. The Kier molecular flexibility index (Phi) is 3.20. The predicted molar refractivity (Wildman–Crippen MR) is 73.0 cm³/mol. The highest BCUT2D eigenvalue weighted by atomic mass is 79.9. The van der Waals surface area contributed by atoms with Crippen LogP contribution in [-0.2, 0) is 4.74 Å². The van der Waals surface area contributed by atoms with Gasteiger partial charge in [-0.15, -0.1) is 0 Å². The van der Waals surface area contributed by atoms with Crippen LogP contribution in [0, 0.1) is 11.7 Å². The first-order valence-corrected chi connectivity index (χ1v) is 7.07. The molecule has 1 aromatic rings. The van der Waals surface area contributed by atoms with E-state index in [1.54, 1.807) is 6.07 Å². The number of ether oxygens (including phenoxy) is 1. The minimum Gasteiger partial charge on any atom is -0.397 e. The Morgan fingerprint density at radius 3 is 2.83 bits per heavy atom. The minimum atomic E-state index is -0.334. The number of rotatable bonds is 3. The Bertz CT molecular complexity index is 465. The third-order valence-electron chi connectivity index (χ3n) is 3.66. The molecule has 0 spiro atoms. The average molecular weight is 315 g/mol. The van der Waals surface area contributed by atoms with Crippen LogP contribution < -0.4 is 11.1 Å². The fourth-order valence-corrected chi connectivity index (χ4v) is 2.89. The Morgan fingerprint density at radius 2 is 2.11 bits per heavy atom. The fourth-order valence-electron chi connectivity index (χ4n) is 2.54. The molecule has 2 unspecified atom stereocenters. The summed E-state index contributed by atoms with van der Waals surface area (Å²) in [4.78, 5) is 0. The molecule has 2 atom stereocenters. The molecule has 3 nitrogen and oxygen atoms in total. The lowest BCUT2D eigenvalue weighted by Crippen LogP contribution is -2.31. The van der Waals surface area contributed by atoms with Crippen molar-refractivity contribution >= 4 is 27.3 Å². The monoisotopic (exact) mass is 314 g/mol. The summed E-state index contributed by atoms with van der Waals surface area (Å²) in [6.45, 7) is 0.793. The summed E-state index contributed by atoms with van der Waals surface area (Å²) in [6.07, 6.45) is 3.78. The average Bonchev–Trinajstić information content (AvgIpc) is 3.07. The van der Waals surface area contributed by atoms with E-state index in [4.69, 9.17) is 10.5 Å². The van der Waals surface area contributed by atoms with E-state index < -0.39 is 0 Å². The van der Waals surface area contributed by atoms with Crippen molar-refractivity contribution in [2.45, 2.75) is 31.4 Å². The number of nitrogens with one attached hydrogen (secondary N) is 1. The van der Waals surface area contributed by atoms with Crippen LogP contribution in [0.3, 0.4) is 0 Å². The Hall–Kier alpha value is -0.810. The molecule has 18 heavy (non-hydrogen) atoms. The lowest BCUT2D eigenvalue weighted by Gasteiger charge is -2.21. The lowest BCUT2D eigenvalue weighted by atomic mass is 10.1. The highest BCUT2D eigenvalue weighted by molar-refractivity contribution is 9.10. The molecule has 2 fully saturated rings. The quantitative estimate of drug-likeness (QED) is 0.843. The summed E-state index contributed by atoms with van der Waals surface area (Å²) in [7, 11) is 0. The maximum Gasteiger partial charge on any atom is 0.139 e. The topological polar surface area (TPSA) is 47.3 Å². The van der Waals surface area contributed by atoms with Gasteiger partial charge in [0.15, 0.2) is 0 Å². The Balaban J connectivity index is 1.77. The van der Waals surface area contributed by atoms with Crippen molar-refractivity contribution in [3.8, 4) is 0 Å². The fraction of sp³-hybridized carbons (Fsp3) is 0.538. The van der Waals surface area contributed by atoms with E-state index in [1.807, 2.05) is 0 Å². The van der Waals surface area contributed by atoms with Gasteiger partial charge in [-0.3, -0.25) is 0 Å². The van der Waals surface area contributed by atoms with Crippen molar-refractivity contribution in [3.63, 3.8) is 0 Å². The first-order valence-electron chi connectivity index (χ1n) is 6.28. The number of nitrogens with two attached hydrogens (primary N) is 1. The predicted octanol–water partition coefficient (Wildman–Crippen LogP) is 3.15. The second-order valence-corrected chi connectivity index (χ2v) is 5.92. The normalized spacial score (nSPS) is 27.4. The van der Waals surface area contributed by atoms with Crippen LogP contribution in [0.25, 0.3) is 0 Å². The van der Waals surface area contributed by atoms with Gasteiger partial charge in [0.1, 0.15) is 5.82 Å². The number of nitrogen functional groups attached to an aromatic ring is 1. The van der Waals surface area contributed by atoms with Gasteiger partial charge in [0.25, 0.3) is 0 Å². The molecule has 5 heteroatoms. The first-order chi connectivity index (χ1) is 8.65. The van der Waals surface area contributed by atoms with Crippen LogP contribution >= 0.6 is 15.9 Å². The molecule has 0 amide bonds. The minimum absolute atomic E-state index is 0.285. The number of halogens is 2. The maximum atomic E-state index is 13.3. The summed E-state index contributed by atoms with van der Waals surface area (Å²) in [5.74, 6) is 0.356. The van der Waals surface area contributed by atoms with Crippen molar-refractivity contribution in [1.29, 1.82) is 0 Å².